The van der Waals surface area contributed by atoms with Gasteiger partial charge >= 0.3 is 0 Å². The van der Waals surface area contributed by atoms with E-state index in [1.54, 1.807) is 19.1 Å². The molecule has 0 aliphatic carbocycles. The lowest BCUT2D eigenvalue weighted by Gasteiger charge is -2.11. The van der Waals surface area contributed by atoms with E-state index in [-0.39, 0.29) is 17.2 Å². The predicted molar refractivity (Wildman–Crippen MR) is 70.2 cm³/mol. The zero-order valence-electron chi connectivity index (χ0n) is 11.1. The van der Waals surface area contributed by atoms with E-state index >= 15 is 0 Å². The summed E-state index contributed by atoms with van der Waals surface area (Å²) >= 11 is 0. The molecule has 0 fully saturated rings. The molecule has 0 spiro atoms. The molecule has 0 saturated heterocycles. The molecule has 1 unspecified atom stereocenters. The smallest absolute Gasteiger partial charge is 0.298 e. The standard InChI is InChI=1S/C12H15N3O4S/c1-8-3-5-10(6-4-8)20(16,17)19-11(13)7-12-14-9(2)15-18-12/h3-6,11H,7,13H2,1-2H3. The van der Waals surface area contributed by atoms with Crippen molar-refractivity contribution in [2.24, 2.45) is 5.73 Å². The Hall–Kier alpha value is -1.77. The number of nitrogens with two attached hydrogens (primary N) is 1. The molecule has 0 saturated carbocycles. The second kappa shape index (κ2) is 5.70. The van der Waals surface area contributed by atoms with Crippen molar-refractivity contribution in [2.45, 2.75) is 31.4 Å². The molecule has 1 aromatic heterocycles. The fourth-order valence-corrected chi connectivity index (χ4v) is 2.53. The van der Waals surface area contributed by atoms with Crippen LogP contribution in [0.3, 0.4) is 0 Å². The molecule has 20 heavy (non-hydrogen) atoms. The first kappa shape index (κ1) is 14.6. The summed E-state index contributed by atoms with van der Waals surface area (Å²) in [6.45, 7) is 3.52. The predicted octanol–water partition coefficient (Wildman–Crippen LogP) is 0.919. The van der Waals surface area contributed by atoms with Gasteiger partial charge in [0, 0.05) is 0 Å². The van der Waals surface area contributed by atoms with E-state index in [1.165, 1.54) is 12.1 Å². The van der Waals surface area contributed by atoms with Crippen molar-refractivity contribution in [1.29, 1.82) is 0 Å². The summed E-state index contributed by atoms with van der Waals surface area (Å²) in [5.74, 6) is 0.683. The van der Waals surface area contributed by atoms with E-state index in [1.807, 2.05) is 6.92 Å². The van der Waals surface area contributed by atoms with Gasteiger partial charge in [0.2, 0.25) is 5.89 Å². The van der Waals surface area contributed by atoms with Crippen LogP contribution in [0.2, 0.25) is 0 Å². The van der Waals surface area contributed by atoms with Crippen LogP contribution in [0.4, 0.5) is 0 Å². The number of hydrogen-bond acceptors (Lipinski definition) is 7. The maximum Gasteiger partial charge on any atom is 0.298 e. The lowest BCUT2D eigenvalue weighted by Crippen LogP contribution is -2.29. The van der Waals surface area contributed by atoms with Gasteiger partial charge in [-0.3, -0.25) is 0 Å². The van der Waals surface area contributed by atoms with Crippen LogP contribution in [0.1, 0.15) is 17.3 Å². The van der Waals surface area contributed by atoms with Gasteiger partial charge in [0.1, 0.15) is 6.23 Å². The zero-order valence-corrected chi connectivity index (χ0v) is 11.9. The molecule has 2 rings (SSSR count). The normalized spacial score (nSPS) is 13.3. The van der Waals surface area contributed by atoms with Gasteiger partial charge in [-0.2, -0.15) is 13.4 Å². The molecule has 108 valence electrons. The average Bonchev–Trinajstić information content (AvgIpc) is 2.74. The van der Waals surface area contributed by atoms with E-state index in [0.717, 1.165) is 5.56 Å². The average molecular weight is 297 g/mol. The highest BCUT2D eigenvalue weighted by Gasteiger charge is 2.21. The Morgan fingerprint density at radius 1 is 1.30 bits per heavy atom. The van der Waals surface area contributed by atoms with Crippen LogP contribution >= 0.6 is 0 Å². The summed E-state index contributed by atoms with van der Waals surface area (Å²) < 4.78 is 33.7. The summed E-state index contributed by atoms with van der Waals surface area (Å²) in [4.78, 5) is 3.99. The van der Waals surface area contributed by atoms with Crippen LogP contribution in [-0.2, 0) is 20.7 Å². The third-order valence-corrected chi connectivity index (χ3v) is 3.86. The van der Waals surface area contributed by atoms with E-state index in [9.17, 15) is 8.42 Å². The Kier molecular flexibility index (Phi) is 4.17. The van der Waals surface area contributed by atoms with Crippen LogP contribution in [0.25, 0.3) is 0 Å². The third-order valence-electron chi connectivity index (χ3n) is 2.51. The lowest BCUT2D eigenvalue weighted by atomic mass is 10.2. The summed E-state index contributed by atoms with van der Waals surface area (Å²) in [6, 6.07) is 6.30. The molecular formula is C12H15N3O4S. The number of benzene rings is 1. The summed E-state index contributed by atoms with van der Waals surface area (Å²) in [7, 11) is -3.90. The first-order valence-corrected chi connectivity index (χ1v) is 7.32. The fourth-order valence-electron chi connectivity index (χ4n) is 1.55. The summed E-state index contributed by atoms with van der Waals surface area (Å²) in [6.07, 6.45) is -1.06. The van der Waals surface area contributed by atoms with Gasteiger partial charge in [-0.15, -0.1) is 0 Å². The number of aryl methyl sites for hydroxylation is 2. The van der Waals surface area contributed by atoms with Gasteiger partial charge < -0.3 is 10.3 Å². The van der Waals surface area contributed by atoms with Crippen LogP contribution in [0.5, 0.6) is 0 Å². The Bertz CT molecular complexity index is 679. The molecule has 1 heterocycles. The Morgan fingerprint density at radius 2 is 1.95 bits per heavy atom. The third kappa shape index (κ3) is 3.62. The molecule has 0 aliphatic heterocycles. The van der Waals surface area contributed by atoms with Crippen molar-refractivity contribution in [2.75, 3.05) is 0 Å². The molecule has 8 heteroatoms. The quantitative estimate of drug-likeness (QED) is 0.645. The van der Waals surface area contributed by atoms with Crippen molar-refractivity contribution in [3.05, 3.63) is 41.5 Å². The number of nitrogens with zero attached hydrogens (tertiary/aromatic N) is 2. The highest BCUT2D eigenvalue weighted by Crippen LogP contribution is 2.15. The Balaban J connectivity index is 2.06. The highest BCUT2D eigenvalue weighted by atomic mass is 32.2. The number of aromatic nitrogens is 2. The van der Waals surface area contributed by atoms with E-state index in [2.05, 4.69) is 10.1 Å². The minimum absolute atomic E-state index is 0.0198. The first-order valence-electron chi connectivity index (χ1n) is 5.91. The van der Waals surface area contributed by atoms with Crippen molar-refractivity contribution >= 4 is 10.1 Å². The monoisotopic (exact) mass is 297 g/mol. The molecular weight excluding hydrogens is 282 g/mol. The van der Waals surface area contributed by atoms with E-state index in [0.29, 0.717) is 5.82 Å². The van der Waals surface area contributed by atoms with Crippen molar-refractivity contribution in [1.82, 2.24) is 10.1 Å². The maximum absolute atomic E-state index is 12.0. The molecule has 0 aliphatic rings. The first-order chi connectivity index (χ1) is 9.37. The molecule has 0 amide bonds. The SMILES string of the molecule is Cc1ccc(S(=O)(=O)OC(N)Cc2nc(C)no2)cc1. The van der Waals surface area contributed by atoms with Gasteiger partial charge in [0.25, 0.3) is 10.1 Å². The zero-order chi connectivity index (χ0) is 14.8. The Morgan fingerprint density at radius 3 is 2.50 bits per heavy atom. The molecule has 1 aromatic carbocycles. The second-order valence-corrected chi connectivity index (χ2v) is 5.91. The summed E-state index contributed by atoms with van der Waals surface area (Å²) in [5.41, 5.74) is 6.59. The van der Waals surface area contributed by atoms with Gasteiger partial charge in [-0.05, 0) is 26.0 Å². The fraction of sp³-hybridized carbons (Fsp3) is 0.333. The minimum atomic E-state index is -3.90. The van der Waals surface area contributed by atoms with Crippen LogP contribution < -0.4 is 5.73 Å². The van der Waals surface area contributed by atoms with Crippen LogP contribution in [0, 0.1) is 13.8 Å². The minimum Gasteiger partial charge on any atom is -0.339 e. The van der Waals surface area contributed by atoms with Gasteiger partial charge in [0.05, 0.1) is 11.3 Å². The van der Waals surface area contributed by atoms with E-state index in [4.69, 9.17) is 14.4 Å². The molecule has 2 aromatic rings. The summed E-state index contributed by atoms with van der Waals surface area (Å²) in [5, 5.41) is 3.59. The lowest BCUT2D eigenvalue weighted by molar-refractivity contribution is 0.201. The molecule has 0 radical (unpaired) electrons. The van der Waals surface area contributed by atoms with Crippen molar-refractivity contribution < 1.29 is 17.1 Å². The largest absolute Gasteiger partial charge is 0.339 e. The van der Waals surface area contributed by atoms with Crippen molar-refractivity contribution in [3.63, 3.8) is 0 Å². The van der Waals surface area contributed by atoms with Crippen molar-refractivity contribution in [3.8, 4) is 0 Å². The Labute approximate surface area is 116 Å². The molecule has 0 bridgehead atoms. The van der Waals surface area contributed by atoms with Gasteiger partial charge in [-0.1, -0.05) is 22.9 Å². The van der Waals surface area contributed by atoms with Gasteiger partial charge in [0.15, 0.2) is 5.82 Å². The van der Waals surface area contributed by atoms with Crippen LogP contribution in [0.15, 0.2) is 33.7 Å². The molecule has 7 nitrogen and oxygen atoms in total. The highest BCUT2D eigenvalue weighted by molar-refractivity contribution is 7.86. The molecule has 2 N–H and O–H groups in total. The van der Waals surface area contributed by atoms with Gasteiger partial charge in [-0.25, -0.2) is 4.18 Å². The maximum atomic E-state index is 12.0. The topological polar surface area (TPSA) is 108 Å². The second-order valence-electron chi connectivity index (χ2n) is 4.34. The molecule has 1 atom stereocenters. The number of hydrogen-bond donors (Lipinski definition) is 1. The van der Waals surface area contributed by atoms with Crippen LogP contribution in [-0.4, -0.2) is 24.8 Å². The van der Waals surface area contributed by atoms with E-state index < -0.39 is 16.3 Å². The number of rotatable bonds is 5.